The van der Waals surface area contributed by atoms with Crippen LogP contribution in [0, 0.1) is 11.8 Å². The van der Waals surface area contributed by atoms with Crippen molar-refractivity contribution in [1.29, 1.82) is 0 Å². The summed E-state index contributed by atoms with van der Waals surface area (Å²) in [6.45, 7) is 5.14. The Labute approximate surface area is 297 Å². The molecule has 280 valence electrons. The van der Waals surface area contributed by atoms with Crippen molar-refractivity contribution in [2.24, 2.45) is 11.8 Å². The van der Waals surface area contributed by atoms with Gasteiger partial charge >= 0.3 is 18.2 Å². The maximum absolute atomic E-state index is 13.6. The third-order valence-corrected chi connectivity index (χ3v) is 8.39. The molecule has 1 aromatic heterocycles. The number of nitrogens with one attached hydrogen (secondary N) is 2. The van der Waals surface area contributed by atoms with Gasteiger partial charge in [-0.2, -0.15) is 13.2 Å². The lowest BCUT2D eigenvalue weighted by atomic mass is 9.93. The Hall–Kier alpha value is -5.25. The third-order valence-electron chi connectivity index (χ3n) is 8.39. The minimum Gasteiger partial charge on any atom is -0.460 e. The van der Waals surface area contributed by atoms with Gasteiger partial charge in [0.1, 0.15) is 24.2 Å². The monoisotopic (exact) mass is 730 g/mol. The molecule has 0 spiro atoms. The lowest BCUT2D eigenvalue weighted by Gasteiger charge is -2.30. The maximum atomic E-state index is 13.6. The van der Waals surface area contributed by atoms with Gasteiger partial charge in [-0.1, -0.05) is 43.7 Å². The molecule has 1 saturated heterocycles. The van der Waals surface area contributed by atoms with E-state index in [1.165, 1.54) is 23.1 Å². The molecule has 3 heterocycles. The molecule has 13 nitrogen and oxygen atoms in total. The number of rotatable bonds is 4. The average molecular weight is 731 g/mol. The Kier molecular flexibility index (Phi) is 13.5. The first-order chi connectivity index (χ1) is 24.6. The minimum absolute atomic E-state index is 0.0227. The molecule has 52 heavy (non-hydrogen) atoms. The topological polar surface area (TPSA) is 177 Å². The molecule has 0 aliphatic carbocycles. The highest BCUT2D eigenvalue weighted by atomic mass is 19.4. The summed E-state index contributed by atoms with van der Waals surface area (Å²) in [5, 5.41) is 15.4. The molecule has 3 amide bonds. The van der Waals surface area contributed by atoms with Crippen LogP contribution in [0.5, 0.6) is 0 Å². The Balaban J connectivity index is 1.52. The van der Waals surface area contributed by atoms with Crippen molar-refractivity contribution in [1.82, 2.24) is 15.2 Å². The van der Waals surface area contributed by atoms with Gasteiger partial charge in [-0.15, -0.1) is 0 Å². The highest BCUT2D eigenvalue weighted by Crippen LogP contribution is 2.30. The van der Waals surface area contributed by atoms with E-state index in [2.05, 4.69) is 15.6 Å². The third kappa shape index (κ3) is 11.4. The fraction of sp³-hybridized carbons (Fsp3) is 0.444. The number of allylic oxidation sites excluding steroid dienone is 2. The number of cyclic esters (lactones) is 1. The largest absolute Gasteiger partial charge is 0.460 e. The van der Waals surface area contributed by atoms with Gasteiger partial charge < -0.3 is 29.2 Å². The quantitative estimate of drug-likeness (QED) is 0.371. The van der Waals surface area contributed by atoms with Crippen LogP contribution in [0.1, 0.15) is 62.0 Å². The van der Waals surface area contributed by atoms with E-state index < -0.39 is 65.7 Å². The van der Waals surface area contributed by atoms with Gasteiger partial charge in [0.25, 0.3) is 5.91 Å². The number of hydrogen-bond acceptors (Lipinski definition) is 10. The summed E-state index contributed by atoms with van der Waals surface area (Å²) in [5.41, 5.74) is -0.276. The van der Waals surface area contributed by atoms with Crippen LogP contribution < -0.4 is 10.6 Å². The van der Waals surface area contributed by atoms with Gasteiger partial charge in [-0.3, -0.25) is 19.7 Å². The molecule has 5 atom stereocenters. The Bertz CT molecular complexity index is 1700. The van der Waals surface area contributed by atoms with Gasteiger partial charge in [0.15, 0.2) is 5.69 Å². The number of oxazole rings is 1. The van der Waals surface area contributed by atoms with Crippen molar-refractivity contribution in [2.45, 2.75) is 70.9 Å². The van der Waals surface area contributed by atoms with Crippen LogP contribution in [0.25, 0.3) is 0 Å². The number of aliphatic hydroxyl groups is 1. The number of ether oxygens (including phenoxy) is 2. The number of hydrogen-bond donors (Lipinski definition) is 3. The molecule has 4 rings (SSSR count). The van der Waals surface area contributed by atoms with Gasteiger partial charge in [-0.05, 0) is 50.1 Å². The van der Waals surface area contributed by atoms with Crippen LogP contribution in [0.3, 0.4) is 0 Å². The Morgan fingerprint density at radius 3 is 2.62 bits per heavy atom. The normalized spacial score (nSPS) is 25.5. The first-order valence-electron chi connectivity index (χ1n) is 16.7. The van der Waals surface area contributed by atoms with Crippen molar-refractivity contribution in [3.63, 3.8) is 0 Å². The molecule has 3 N–H and O–H groups in total. The van der Waals surface area contributed by atoms with E-state index in [4.69, 9.17) is 13.9 Å². The number of carbonyl (C=O) groups is 5. The lowest BCUT2D eigenvalue weighted by Crippen LogP contribution is -2.44. The summed E-state index contributed by atoms with van der Waals surface area (Å²) < 4.78 is 55.3. The molecular formula is C36H41F3N4O9. The van der Waals surface area contributed by atoms with E-state index in [1.54, 1.807) is 32.9 Å². The first-order valence-corrected chi connectivity index (χ1v) is 16.7. The standard InChI is InChI=1S/C36H41F3N4O9/c1-21-6-4-14-40-30(46)13-8-22(2)32(23(3)19-51-35(49)41-25-11-9-24(10-12-25)36(37,38)39)52-34(48)29-7-5-15-43(29)33(47)28-20-50-31(42-28)18-27(45)17-26(44)16-21/h4,6,8-13,16,20,22-23,26,29,32,44H,5,7,14-15,17-19H2,1-3H3,(H,40,46)(H,41,49)/b6-4-,13-8-,21-16-/t22-,23-,26-,29-,32+/m1/s1. The van der Waals surface area contributed by atoms with Crippen molar-refractivity contribution >= 4 is 35.3 Å². The Morgan fingerprint density at radius 2 is 1.90 bits per heavy atom. The number of anilines is 1. The summed E-state index contributed by atoms with van der Waals surface area (Å²) in [4.78, 5) is 70.2. The lowest BCUT2D eigenvalue weighted by molar-refractivity contribution is -0.159. The van der Waals surface area contributed by atoms with Crippen molar-refractivity contribution in [3.8, 4) is 0 Å². The summed E-state index contributed by atoms with van der Waals surface area (Å²) in [6.07, 6.45) is 1.46. The maximum Gasteiger partial charge on any atom is 0.416 e. The smallest absolute Gasteiger partial charge is 0.416 e. The fourth-order valence-corrected chi connectivity index (χ4v) is 5.75. The van der Waals surface area contributed by atoms with Crippen LogP contribution in [0.4, 0.5) is 23.7 Å². The molecule has 2 aliphatic heterocycles. The zero-order valence-electron chi connectivity index (χ0n) is 28.9. The summed E-state index contributed by atoms with van der Waals surface area (Å²) in [5.74, 6) is -3.46. The predicted octanol–water partition coefficient (Wildman–Crippen LogP) is 4.78. The van der Waals surface area contributed by atoms with E-state index in [9.17, 15) is 42.3 Å². The number of benzene rings is 1. The zero-order chi connectivity index (χ0) is 38.0. The number of amides is 3. The second-order valence-electron chi connectivity index (χ2n) is 12.7. The van der Waals surface area contributed by atoms with E-state index >= 15 is 0 Å². The number of Topliss-reactive ketones (excluding diaryl/α,β-unsaturated/α-hetero) is 1. The summed E-state index contributed by atoms with van der Waals surface area (Å²) in [7, 11) is 0. The second-order valence-corrected chi connectivity index (χ2v) is 12.7. The minimum atomic E-state index is -4.54. The predicted molar refractivity (Wildman–Crippen MR) is 180 cm³/mol. The van der Waals surface area contributed by atoms with Gasteiger partial charge in [0.2, 0.25) is 11.8 Å². The highest BCUT2D eigenvalue weighted by Gasteiger charge is 2.39. The van der Waals surface area contributed by atoms with Gasteiger partial charge in [-0.25, -0.2) is 14.6 Å². The number of halogens is 3. The summed E-state index contributed by atoms with van der Waals surface area (Å²) in [6, 6.07) is 2.80. The average Bonchev–Trinajstić information content (AvgIpc) is 3.76. The molecule has 0 unspecified atom stereocenters. The molecule has 16 heteroatoms. The molecule has 1 aromatic carbocycles. The van der Waals surface area contributed by atoms with E-state index in [0.29, 0.717) is 12.0 Å². The number of aromatic nitrogens is 1. The number of esters is 1. The molecule has 1 fully saturated rings. The van der Waals surface area contributed by atoms with Crippen molar-refractivity contribution in [3.05, 3.63) is 83.6 Å². The highest BCUT2D eigenvalue weighted by molar-refractivity contribution is 5.95. The summed E-state index contributed by atoms with van der Waals surface area (Å²) >= 11 is 0. The number of nitrogens with zero attached hydrogens (tertiary/aromatic N) is 2. The van der Waals surface area contributed by atoms with Crippen LogP contribution >= 0.6 is 0 Å². The van der Waals surface area contributed by atoms with Gasteiger partial charge in [0, 0.05) is 37.0 Å². The molecule has 2 aromatic rings. The van der Waals surface area contributed by atoms with Crippen molar-refractivity contribution in [2.75, 3.05) is 25.0 Å². The van der Waals surface area contributed by atoms with Crippen LogP contribution in [0.2, 0.25) is 0 Å². The van der Waals surface area contributed by atoms with E-state index in [-0.39, 0.29) is 62.0 Å². The van der Waals surface area contributed by atoms with E-state index in [0.717, 1.165) is 30.5 Å². The molecule has 2 aliphatic rings. The number of alkyl halides is 3. The second kappa shape index (κ2) is 17.8. The molecule has 0 radical (unpaired) electrons. The first kappa shape index (κ1) is 39.5. The number of fused-ring (bicyclic) bond motifs is 3. The Morgan fingerprint density at radius 1 is 1.17 bits per heavy atom. The van der Waals surface area contributed by atoms with Crippen LogP contribution in [0.15, 0.2) is 70.9 Å². The number of carbonyl (C=O) groups excluding carboxylic acids is 5. The van der Waals surface area contributed by atoms with Crippen molar-refractivity contribution < 1.29 is 56.1 Å². The van der Waals surface area contributed by atoms with Crippen LogP contribution in [-0.4, -0.2) is 82.6 Å². The molecule has 2 bridgehead atoms. The fourth-order valence-electron chi connectivity index (χ4n) is 5.75. The molecule has 0 saturated carbocycles. The van der Waals surface area contributed by atoms with Crippen LogP contribution in [-0.2, 0) is 36.5 Å². The SMILES string of the molecule is CC1=C/[C@@H](O)CC(=O)Cc2nc(co2)C(=O)N2CCC[C@@H]2C(=O)O[C@H]([C@H](C)COC(=O)Nc2ccc(C(F)(F)F)cc2)[C@H](C)/C=C\C(=O)NC/C=C\1. The zero-order valence-corrected chi connectivity index (χ0v) is 28.9. The van der Waals surface area contributed by atoms with Gasteiger partial charge in [0.05, 0.1) is 24.7 Å². The van der Waals surface area contributed by atoms with E-state index in [1.807, 2.05) is 0 Å². The number of ketones is 1. The number of aliphatic hydroxyl groups excluding tert-OH is 1. The molecular weight excluding hydrogens is 689 g/mol.